The van der Waals surface area contributed by atoms with E-state index in [9.17, 15) is 8.78 Å². The number of hydrogen-bond acceptors (Lipinski definition) is 0. The van der Waals surface area contributed by atoms with Gasteiger partial charge in [0.15, 0.2) is 0 Å². The topological polar surface area (TPSA) is 0 Å². The summed E-state index contributed by atoms with van der Waals surface area (Å²) in [5, 5.41) is 0. The predicted molar refractivity (Wildman–Crippen MR) is 204 cm³/mol. The van der Waals surface area contributed by atoms with Gasteiger partial charge in [-0.25, -0.2) is 8.78 Å². The standard InChI is InChI=1S/C10H12F2.3C10H14.C2H6.CH3Cl/c1-3-8-4-6-9(7-5-8)10(2,11)12;3*1-3-9-5-7-10(4-2)8-6-9;2*1-2/h4-7H,3H2,1-2H3;3*5-8H,3-4H2,1-2H3;1-2H3;1H3. The van der Waals surface area contributed by atoms with Crippen LogP contribution in [0.1, 0.15) is 114 Å². The van der Waals surface area contributed by atoms with Crippen molar-refractivity contribution in [2.24, 2.45) is 0 Å². The van der Waals surface area contributed by atoms with E-state index in [2.05, 4.69) is 126 Å². The van der Waals surface area contributed by atoms with Crippen LogP contribution in [0.5, 0.6) is 0 Å². The van der Waals surface area contributed by atoms with Crippen LogP contribution < -0.4 is 0 Å². The number of hydrogen-bond donors (Lipinski definition) is 0. The lowest BCUT2D eigenvalue weighted by Crippen LogP contribution is -2.06. The second-order valence-corrected chi connectivity index (χ2v) is 10.5. The molecule has 4 aromatic rings. The summed E-state index contributed by atoms with van der Waals surface area (Å²) in [7, 11) is 0. The van der Waals surface area contributed by atoms with Gasteiger partial charge < -0.3 is 0 Å². The Balaban J connectivity index is 0. The summed E-state index contributed by atoms with van der Waals surface area (Å²) >= 11 is 4.64. The highest BCUT2D eigenvalue weighted by Gasteiger charge is 2.23. The van der Waals surface area contributed by atoms with Crippen LogP contribution in [-0.4, -0.2) is 6.38 Å². The number of aryl methyl sites for hydroxylation is 7. The molecule has 46 heavy (non-hydrogen) atoms. The lowest BCUT2D eigenvalue weighted by atomic mass is 10.1. The van der Waals surface area contributed by atoms with Crippen molar-refractivity contribution in [3.05, 3.63) is 142 Å². The van der Waals surface area contributed by atoms with Gasteiger partial charge in [0.05, 0.1) is 0 Å². The molecule has 0 N–H and O–H groups in total. The zero-order valence-electron chi connectivity index (χ0n) is 30.8. The molecule has 0 spiro atoms. The Kier molecular flexibility index (Phi) is 27.7. The molecule has 0 saturated heterocycles. The first-order valence-corrected chi connectivity index (χ1v) is 18.0. The third-order valence-corrected chi connectivity index (χ3v) is 7.39. The van der Waals surface area contributed by atoms with Crippen molar-refractivity contribution in [2.75, 3.05) is 6.38 Å². The number of rotatable bonds is 8. The van der Waals surface area contributed by atoms with E-state index in [0.29, 0.717) is 0 Å². The van der Waals surface area contributed by atoms with Gasteiger partial charge in [0.25, 0.3) is 5.92 Å². The highest BCUT2D eigenvalue weighted by atomic mass is 35.5. The minimum Gasteiger partial charge on any atom is -0.202 e. The summed E-state index contributed by atoms with van der Waals surface area (Å²) in [6.07, 6.45) is 9.21. The third-order valence-electron chi connectivity index (χ3n) is 7.39. The Hall–Kier alpha value is -2.97. The number of halogens is 3. The Morgan fingerprint density at radius 2 is 0.500 bits per heavy atom. The second kappa shape index (κ2) is 28.3. The zero-order valence-corrected chi connectivity index (χ0v) is 31.6. The van der Waals surface area contributed by atoms with Crippen LogP contribution in [0.2, 0.25) is 0 Å². The van der Waals surface area contributed by atoms with Crippen LogP contribution in [0.15, 0.2) is 97.1 Å². The quantitative estimate of drug-likeness (QED) is 0.166. The maximum atomic E-state index is 12.7. The molecule has 3 heteroatoms. The maximum absolute atomic E-state index is 12.7. The summed E-state index contributed by atoms with van der Waals surface area (Å²) in [6, 6.07) is 32.9. The largest absolute Gasteiger partial charge is 0.270 e. The second-order valence-electron chi connectivity index (χ2n) is 10.5. The van der Waals surface area contributed by atoms with E-state index in [0.717, 1.165) is 57.4 Å². The molecule has 0 radical (unpaired) electrons. The lowest BCUT2D eigenvalue weighted by molar-refractivity contribution is 0.0174. The molecule has 0 aliphatic heterocycles. The molecule has 0 amide bonds. The third kappa shape index (κ3) is 20.2. The van der Waals surface area contributed by atoms with Crippen molar-refractivity contribution in [3.8, 4) is 0 Å². The molecule has 0 aromatic heterocycles. The molecule has 0 saturated carbocycles. The highest BCUT2D eigenvalue weighted by molar-refractivity contribution is 6.15. The van der Waals surface area contributed by atoms with E-state index >= 15 is 0 Å². The molecular weight excluding hydrogens is 590 g/mol. The molecule has 0 nitrogen and oxygen atoms in total. The van der Waals surface area contributed by atoms with Crippen LogP contribution in [0.3, 0.4) is 0 Å². The molecule has 0 aliphatic rings. The molecule has 256 valence electrons. The summed E-state index contributed by atoms with van der Waals surface area (Å²) in [6.45, 7) is 20.0. The van der Waals surface area contributed by atoms with Crippen LogP contribution >= 0.6 is 11.6 Å². The van der Waals surface area contributed by atoms with Gasteiger partial charge in [-0.3, -0.25) is 0 Å². The Morgan fingerprint density at radius 3 is 0.609 bits per heavy atom. The minimum absolute atomic E-state index is 0.0831. The van der Waals surface area contributed by atoms with Crippen molar-refractivity contribution in [1.82, 2.24) is 0 Å². The van der Waals surface area contributed by atoms with E-state index in [1.807, 2.05) is 20.8 Å². The molecular formula is C43H63ClF2. The summed E-state index contributed by atoms with van der Waals surface area (Å²) < 4.78 is 25.4. The van der Waals surface area contributed by atoms with Gasteiger partial charge in [-0.2, -0.15) is 0 Å². The Morgan fingerprint density at radius 1 is 0.370 bits per heavy atom. The van der Waals surface area contributed by atoms with Gasteiger partial charge in [0.2, 0.25) is 0 Å². The van der Waals surface area contributed by atoms with Gasteiger partial charge in [0.1, 0.15) is 0 Å². The average molecular weight is 653 g/mol. The van der Waals surface area contributed by atoms with Gasteiger partial charge in [-0.15, -0.1) is 11.6 Å². The summed E-state index contributed by atoms with van der Waals surface area (Å²) in [4.78, 5) is 0. The first kappa shape index (κ1) is 45.2. The van der Waals surface area contributed by atoms with E-state index in [-0.39, 0.29) is 5.56 Å². The van der Waals surface area contributed by atoms with E-state index in [1.165, 1.54) is 51.9 Å². The number of alkyl halides is 3. The highest BCUT2D eigenvalue weighted by Crippen LogP contribution is 2.26. The Labute approximate surface area is 287 Å². The van der Waals surface area contributed by atoms with Gasteiger partial charge in [-0.05, 0) is 83.9 Å². The van der Waals surface area contributed by atoms with Crippen molar-refractivity contribution in [2.45, 2.75) is 120 Å². The fraction of sp³-hybridized carbons (Fsp3) is 0.442. The molecule has 0 aliphatic carbocycles. The SMILES string of the molecule is CC.CCc1ccc(C(C)(F)F)cc1.CCc1ccc(CC)cc1.CCc1ccc(CC)cc1.CCc1ccc(CC)cc1.CCl. The summed E-state index contributed by atoms with van der Waals surface area (Å²) in [5.74, 6) is -2.72. The molecule has 0 heterocycles. The Bertz CT molecular complexity index is 1020. The normalized spacial score (nSPS) is 9.70. The van der Waals surface area contributed by atoms with Crippen molar-refractivity contribution >= 4 is 11.6 Å². The zero-order chi connectivity index (χ0) is 35.4. The maximum Gasteiger partial charge on any atom is 0.270 e. The molecule has 0 unspecified atom stereocenters. The van der Waals surface area contributed by atoms with Gasteiger partial charge in [-0.1, -0.05) is 159 Å². The first-order valence-electron chi connectivity index (χ1n) is 17.2. The summed E-state index contributed by atoms with van der Waals surface area (Å²) in [5.41, 5.74) is 9.74. The number of benzene rings is 4. The first-order chi connectivity index (χ1) is 22.1. The molecule has 0 bridgehead atoms. The minimum atomic E-state index is -2.72. The fourth-order valence-electron chi connectivity index (χ4n) is 4.07. The smallest absolute Gasteiger partial charge is 0.202 e. The van der Waals surface area contributed by atoms with Crippen LogP contribution in [0.25, 0.3) is 0 Å². The van der Waals surface area contributed by atoms with Crippen molar-refractivity contribution in [1.29, 1.82) is 0 Å². The fourth-order valence-corrected chi connectivity index (χ4v) is 4.07. The average Bonchev–Trinajstić information content (AvgIpc) is 3.13. The van der Waals surface area contributed by atoms with Crippen molar-refractivity contribution < 1.29 is 8.78 Å². The molecule has 4 rings (SSSR count). The molecule has 4 aromatic carbocycles. The van der Waals surface area contributed by atoms with Gasteiger partial charge in [0, 0.05) is 18.9 Å². The van der Waals surface area contributed by atoms with Gasteiger partial charge >= 0.3 is 0 Å². The van der Waals surface area contributed by atoms with Crippen LogP contribution in [0, 0.1) is 0 Å². The lowest BCUT2D eigenvalue weighted by Gasteiger charge is -2.10. The van der Waals surface area contributed by atoms with Crippen LogP contribution in [0.4, 0.5) is 8.78 Å². The van der Waals surface area contributed by atoms with E-state index in [4.69, 9.17) is 0 Å². The van der Waals surface area contributed by atoms with Crippen LogP contribution in [-0.2, 0) is 50.9 Å². The predicted octanol–water partition coefficient (Wildman–Crippen LogP) is 13.7. The molecule has 0 atom stereocenters. The monoisotopic (exact) mass is 652 g/mol. The van der Waals surface area contributed by atoms with E-state index in [1.54, 1.807) is 12.1 Å². The molecule has 0 fully saturated rings. The van der Waals surface area contributed by atoms with E-state index < -0.39 is 5.92 Å². The van der Waals surface area contributed by atoms with Crippen molar-refractivity contribution in [3.63, 3.8) is 0 Å².